The Morgan fingerprint density at radius 1 is 0.810 bits per heavy atom. The van der Waals surface area contributed by atoms with Crippen molar-refractivity contribution in [2.45, 2.75) is 32.1 Å². The smallest absolute Gasteiger partial charge is 0.0146 e. The second kappa shape index (κ2) is 6.58. The summed E-state index contributed by atoms with van der Waals surface area (Å²) in [7, 11) is 0. The molecule has 0 nitrogen and oxygen atoms in total. The summed E-state index contributed by atoms with van der Waals surface area (Å²) in [5, 5.41) is 0. The van der Waals surface area contributed by atoms with E-state index in [4.69, 9.17) is 0 Å². The lowest BCUT2D eigenvalue weighted by molar-refractivity contribution is 0.639. The van der Waals surface area contributed by atoms with Crippen LogP contribution >= 0.6 is 0 Å². The topological polar surface area (TPSA) is 0 Å². The van der Waals surface area contributed by atoms with Crippen molar-refractivity contribution in [3.63, 3.8) is 0 Å². The average Bonchev–Trinajstić information content (AvgIpc) is 2.48. The highest BCUT2D eigenvalue weighted by Crippen LogP contribution is 2.32. The molecule has 0 radical (unpaired) electrons. The quantitative estimate of drug-likeness (QED) is 0.614. The Morgan fingerprint density at radius 3 is 1.62 bits per heavy atom. The predicted octanol–water partition coefficient (Wildman–Crippen LogP) is 5.47. The van der Waals surface area contributed by atoms with E-state index in [-0.39, 0.29) is 5.41 Å². The van der Waals surface area contributed by atoms with Crippen molar-refractivity contribution in [2.75, 3.05) is 0 Å². The van der Waals surface area contributed by atoms with Crippen LogP contribution < -0.4 is 0 Å². The van der Waals surface area contributed by atoms with E-state index in [2.05, 4.69) is 75.5 Å². The third-order valence-electron chi connectivity index (χ3n) is 4.06. The highest BCUT2D eigenvalue weighted by molar-refractivity contribution is 5.41. The van der Waals surface area contributed by atoms with Crippen LogP contribution in [0.15, 0.2) is 73.8 Å². The van der Waals surface area contributed by atoms with Gasteiger partial charge in [-0.2, -0.15) is 0 Å². The van der Waals surface area contributed by atoms with Crippen molar-refractivity contribution in [1.82, 2.24) is 0 Å². The molecule has 2 rings (SSSR count). The maximum Gasteiger partial charge on any atom is 0.0146 e. The summed E-state index contributed by atoms with van der Waals surface area (Å²) in [4.78, 5) is 0. The fourth-order valence-electron chi connectivity index (χ4n) is 2.67. The van der Waals surface area contributed by atoms with Crippen LogP contribution in [-0.4, -0.2) is 0 Å². The number of benzene rings is 2. The van der Waals surface area contributed by atoms with Crippen LogP contribution in [0.4, 0.5) is 0 Å². The molecule has 0 heteroatoms. The van der Waals surface area contributed by atoms with Gasteiger partial charge in [0.15, 0.2) is 0 Å². The number of hydrogen-bond donors (Lipinski definition) is 0. The second-order valence-electron chi connectivity index (χ2n) is 6.01. The Labute approximate surface area is 128 Å². The van der Waals surface area contributed by atoms with Crippen molar-refractivity contribution in [1.29, 1.82) is 0 Å². The Kier molecular flexibility index (Phi) is 4.80. The van der Waals surface area contributed by atoms with Gasteiger partial charge in [0.25, 0.3) is 0 Å². The van der Waals surface area contributed by atoms with E-state index in [9.17, 15) is 0 Å². The summed E-state index contributed by atoms with van der Waals surface area (Å²) in [5.74, 6) is 0. The maximum atomic E-state index is 3.83. The van der Waals surface area contributed by atoms with Gasteiger partial charge in [0.05, 0.1) is 0 Å². The van der Waals surface area contributed by atoms with Crippen LogP contribution in [0.3, 0.4) is 0 Å². The lowest BCUT2D eigenvalue weighted by Gasteiger charge is -2.27. The molecule has 21 heavy (non-hydrogen) atoms. The van der Waals surface area contributed by atoms with Crippen molar-refractivity contribution in [3.05, 3.63) is 96.1 Å². The molecule has 2 aromatic carbocycles. The molecule has 0 aliphatic rings. The Bertz CT molecular complexity index is 576. The molecule has 0 aliphatic heterocycles. The van der Waals surface area contributed by atoms with Crippen LogP contribution in [0.25, 0.3) is 0 Å². The van der Waals surface area contributed by atoms with Gasteiger partial charge in [-0.05, 0) is 35.1 Å². The molecule has 0 bridgehead atoms. The van der Waals surface area contributed by atoms with Crippen LogP contribution in [0.1, 0.15) is 36.1 Å². The lowest BCUT2D eigenvalue weighted by Crippen LogP contribution is -2.19. The lowest BCUT2D eigenvalue weighted by atomic mass is 9.77. The van der Waals surface area contributed by atoms with E-state index in [1.54, 1.807) is 0 Å². The molecule has 0 aromatic heterocycles. The van der Waals surface area contributed by atoms with Crippen LogP contribution in [0.5, 0.6) is 0 Å². The first-order valence-corrected chi connectivity index (χ1v) is 7.48. The van der Waals surface area contributed by atoms with Crippen LogP contribution in [0, 0.1) is 0 Å². The highest BCUT2D eigenvalue weighted by atomic mass is 14.3. The SMILES string of the molecule is C=CCc1cccc(C(C)(C)c2cccc(CC=C)c2)c1. The zero-order valence-corrected chi connectivity index (χ0v) is 13.1. The van der Waals surface area contributed by atoms with Gasteiger partial charge < -0.3 is 0 Å². The van der Waals surface area contributed by atoms with Crippen LogP contribution in [0.2, 0.25) is 0 Å². The van der Waals surface area contributed by atoms with E-state index in [0.717, 1.165) is 12.8 Å². The largest absolute Gasteiger partial charge is 0.103 e. The molecule has 0 heterocycles. The Morgan fingerprint density at radius 2 is 1.24 bits per heavy atom. The average molecular weight is 276 g/mol. The summed E-state index contributed by atoms with van der Waals surface area (Å²) < 4.78 is 0. The van der Waals surface area contributed by atoms with Gasteiger partial charge >= 0.3 is 0 Å². The van der Waals surface area contributed by atoms with E-state index < -0.39 is 0 Å². The van der Waals surface area contributed by atoms with Crippen molar-refractivity contribution in [2.24, 2.45) is 0 Å². The van der Waals surface area contributed by atoms with E-state index in [0.29, 0.717) is 0 Å². The third kappa shape index (κ3) is 3.52. The normalized spacial score (nSPS) is 11.1. The van der Waals surface area contributed by atoms with Gasteiger partial charge in [-0.3, -0.25) is 0 Å². The summed E-state index contributed by atoms with van der Waals surface area (Å²) in [5.41, 5.74) is 5.32. The first kappa shape index (κ1) is 15.3. The van der Waals surface area contributed by atoms with E-state index in [1.807, 2.05) is 12.2 Å². The summed E-state index contributed by atoms with van der Waals surface area (Å²) in [6, 6.07) is 17.6. The van der Waals surface area contributed by atoms with Crippen molar-refractivity contribution >= 4 is 0 Å². The molecular formula is C21H24. The molecule has 0 fully saturated rings. The second-order valence-corrected chi connectivity index (χ2v) is 6.01. The van der Waals surface area contributed by atoms with Gasteiger partial charge in [0.1, 0.15) is 0 Å². The highest BCUT2D eigenvalue weighted by Gasteiger charge is 2.23. The summed E-state index contributed by atoms with van der Waals surface area (Å²) >= 11 is 0. The molecule has 0 atom stereocenters. The minimum atomic E-state index is -0.00560. The van der Waals surface area contributed by atoms with Gasteiger partial charge in [0.2, 0.25) is 0 Å². The molecule has 0 N–H and O–H groups in total. The number of allylic oxidation sites excluding steroid dienone is 2. The molecule has 0 aliphatic carbocycles. The predicted molar refractivity (Wildman–Crippen MR) is 92.8 cm³/mol. The van der Waals surface area contributed by atoms with Gasteiger partial charge in [-0.15, -0.1) is 13.2 Å². The molecule has 108 valence electrons. The van der Waals surface area contributed by atoms with Crippen LogP contribution in [-0.2, 0) is 18.3 Å². The standard InChI is InChI=1S/C21H24/c1-5-9-17-11-7-13-19(15-17)21(3,4)20-14-8-12-18(16-20)10-6-2/h5-8,11-16H,1-2,9-10H2,3-4H3. The molecular weight excluding hydrogens is 252 g/mol. The molecule has 0 spiro atoms. The number of rotatable bonds is 6. The fraction of sp³-hybridized carbons (Fsp3) is 0.238. The first-order valence-electron chi connectivity index (χ1n) is 7.48. The zero-order valence-electron chi connectivity index (χ0n) is 13.1. The van der Waals surface area contributed by atoms with Crippen molar-refractivity contribution < 1.29 is 0 Å². The summed E-state index contributed by atoms with van der Waals surface area (Å²) in [6.07, 6.45) is 5.74. The Balaban J connectivity index is 2.40. The summed E-state index contributed by atoms with van der Waals surface area (Å²) in [6.45, 7) is 12.2. The minimum Gasteiger partial charge on any atom is -0.103 e. The van der Waals surface area contributed by atoms with E-state index in [1.165, 1.54) is 22.3 Å². The minimum absolute atomic E-state index is 0.00560. The molecule has 0 saturated heterocycles. The van der Waals surface area contributed by atoms with Gasteiger partial charge in [-0.25, -0.2) is 0 Å². The number of hydrogen-bond acceptors (Lipinski definition) is 0. The van der Waals surface area contributed by atoms with Gasteiger partial charge in [0, 0.05) is 5.41 Å². The third-order valence-corrected chi connectivity index (χ3v) is 4.06. The molecule has 0 unspecified atom stereocenters. The molecule has 0 amide bonds. The first-order chi connectivity index (χ1) is 10.1. The van der Waals surface area contributed by atoms with Crippen molar-refractivity contribution in [3.8, 4) is 0 Å². The monoisotopic (exact) mass is 276 g/mol. The zero-order chi connectivity index (χ0) is 15.3. The molecule has 2 aromatic rings. The maximum absolute atomic E-state index is 3.83. The Hall–Kier alpha value is -2.08. The molecule has 0 saturated carbocycles. The van der Waals surface area contributed by atoms with Gasteiger partial charge in [-0.1, -0.05) is 74.5 Å². The fourth-order valence-corrected chi connectivity index (χ4v) is 2.67. The van der Waals surface area contributed by atoms with E-state index >= 15 is 0 Å².